The first-order chi connectivity index (χ1) is 13.7. The lowest BCUT2D eigenvalue weighted by Crippen LogP contribution is -1.89. The molecule has 138 valence electrons. The fourth-order valence-electron chi connectivity index (χ4n) is 2.65. The monoisotopic (exact) mass is 369 g/mol. The maximum atomic E-state index is 5.93. The number of nitrogens with two attached hydrogens (primary N) is 1. The number of rotatable bonds is 6. The highest BCUT2D eigenvalue weighted by atomic mass is 16.5. The van der Waals surface area contributed by atoms with Gasteiger partial charge in [0.05, 0.1) is 0 Å². The Morgan fingerprint density at radius 2 is 0.821 bits per heavy atom. The van der Waals surface area contributed by atoms with Gasteiger partial charge in [-0.25, -0.2) is 0 Å². The van der Waals surface area contributed by atoms with Crippen molar-refractivity contribution in [2.24, 2.45) is 0 Å². The largest absolute Gasteiger partial charge is 0.457 e. The van der Waals surface area contributed by atoms with Crippen molar-refractivity contribution in [2.75, 3.05) is 5.73 Å². The molecule has 4 aromatic rings. The molecule has 0 unspecified atom stereocenters. The lowest BCUT2D eigenvalue weighted by molar-refractivity contribution is 0.457. The molecule has 28 heavy (non-hydrogen) atoms. The summed E-state index contributed by atoms with van der Waals surface area (Å²) >= 11 is 0. The lowest BCUT2D eigenvalue weighted by atomic mass is 10.3. The van der Waals surface area contributed by atoms with Crippen LogP contribution in [0.15, 0.2) is 103 Å². The number of para-hydroxylation sites is 1. The van der Waals surface area contributed by atoms with Crippen molar-refractivity contribution in [3.05, 3.63) is 103 Å². The van der Waals surface area contributed by atoms with Gasteiger partial charge in [-0.15, -0.1) is 0 Å². The highest BCUT2D eigenvalue weighted by Crippen LogP contribution is 2.30. The Kier molecular flexibility index (Phi) is 5.11. The standard InChI is InChI=1S/C24H19NO3/c25-18-6-4-9-22(16-18)28-24-11-5-10-23(17-24)27-21-14-12-20(13-15-21)26-19-7-2-1-3-8-19/h1-17H,25H2. The Hall–Kier alpha value is -3.92. The number of hydrogen-bond acceptors (Lipinski definition) is 4. The van der Waals surface area contributed by atoms with Gasteiger partial charge in [-0.3, -0.25) is 0 Å². The predicted molar refractivity (Wildman–Crippen MR) is 110 cm³/mol. The minimum absolute atomic E-state index is 0.655. The first-order valence-corrected chi connectivity index (χ1v) is 8.89. The fraction of sp³-hybridized carbons (Fsp3) is 0. The molecule has 0 bridgehead atoms. The first-order valence-electron chi connectivity index (χ1n) is 8.89. The van der Waals surface area contributed by atoms with Gasteiger partial charge in [0.2, 0.25) is 0 Å². The van der Waals surface area contributed by atoms with Crippen molar-refractivity contribution in [2.45, 2.75) is 0 Å². The van der Waals surface area contributed by atoms with Crippen LogP contribution in [0.1, 0.15) is 0 Å². The van der Waals surface area contributed by atoms with Gasteiger partial charge in [0, 0.05) is 17.8 Å². The van der Waals surface area contributed by atoms with Gasteiger partial charge in [0.15, 0.2) is 0 Å². The van der Waals surface area contributed by atoms with E-state index < -0.39 is 0 Å². The summed E-state index contributed by atoms with van der Waals surface area (Å²) in [6.07, 6.45) is 0. The number of hydrogen-bond donors (Lipinski definition) is 1. The number of nitrogen functional groups attached to an aromatic ring is 1. The maximum absolute atomic E-state index is 5.93. The number of anilines is 1. The van der Waals surface area contributed by atoms with E-state index in [1.807, 2.05) is 97.1 Å². The van der Waals surface area contributed by atoms with Crippen LogP contribution < -0.4 is 19.9 Å². The van der Waals surface area contributed by atoms with E-state index in [1.165, 1.54) is 0 Å². The molecule has 4 heteroatoms. The van der Waals surface area contributed by atoms with Crippen LogP contribution in [0.2, 0.25) is 0 Å². The molecule has 0 radical (unpaired) electrons. The zero-order chi connectivity index (χ0) is 19.2. The van der Waals surface area contributed by atoms with Gasteiger partial charge in [-0.1, -0.05) is 30.3 Å². The van der Waals surface area contributed by atoms with Gasteiger partial charge in [-0.2, -0.15) is 0 Å². The van der Waals surface area contributed by atoms with Crippen LogP contribution in [-0.2, 0) is 0 Å². The Morgan fingerprint density at radius 1 is 0.393 bits per heavy atom. The summed E-state index contributed by atoms with van der Waals surface area (Å²) in [5, 5.41) is 0. The normalized spacial score (nSPS) is 10.3. The molecule has 0 spiro atoms. The van der Waals surface area contributed by atoms with Crippen molar-refractivity contribution in [1.29, 1.82) is 0 Å². The molecular weight excluding hydrogens is 350 g/mol. The highest BCUT2D eigenvalue weighted by Gasteiger charge is 2.03. The van der Waals surface area contributed by atoms with E-state index in [9.17, 15) is 0 Å². The Labute approximate surface area is 163 Å². The van der Waals surface area contributed by atoms with Crippen molar-refractivity contribution in [1.82, 2.24) is 0 Å². The van der Waals surface area contributed by atoms with Gasteiger partial charge in [0.1, 0.15) is 34.5 Å². The zero-order valence-corrected chi connectivity index (χ0v) is 15.1. The molecular formula is C24H19NO3. The van der Waals surface area contributed by atoms with Crippen LogP contribution in [-0.4, -0.2) is 0 Å². The van der Waals surface area contributed by atoms with Gasteiger partial charge in [-0.05, 0) is 60.7 Å². The van der Waals surface area contributed by atoms with E-state index in [1.54, 1.807) is 6.07 Å². The second-order valence-electron chi connectivity index (χ2n) is 6.14. The van der Waals surface area contributed by atoms with E-state index in [0.717, 1.165) is 11.5 Å². The van der Waals surface area contributed by atoms with Crippen LogP contribution in [0.5, 0.6) is 34.5 Å². The minimum Gasteiger partial charge on any atom is -0.457 e. The molecule has 4 nitrogen and oxygen atoms in total. The molecule has 4 rings (SSSR count). The summed E-state index contributed by atoms with van der Waals surface area (Å²) in [5.41, 5.74) is 6.45. The van der Waals surface area contributed by atoms with Crippen LogP contribution in [0.4, 0.5) is 5.69 Å². The number of ether oxygens (including phenoxy) is 3. The summed E-state index contributed by atoms with van der Waals surface area (Å²) in [5.74, 6) is 4.28. The van der Waals surface area contributed by atoms with E-state index in [0.29, 0.717) is 28.7 Å². The fourth-order valence-corrected chi connectivity index (χ4v) is 2.65. The van der Waals surface area contributed by atoms with E-state index in [4.69, 9.17) is 19.9 Å². The summed E-state index contributed by atoms with van der Waals surface area (Å²) in [6.45, 7) is 0. The molecule has 0 aliphatic carbocycles. The molecule has 0 fully saturated rings. The Bertz CT molecular complexity index is 1050. The average Bonchev–Trinajstić information content (AvgIpc) is 2.71. The molecule has 0 heterocycles. The average molecular weight is 369 g/mol. The van der Waals surface area contributed by atoms with Crippen LogP contribution in [0, 0.1) is 0 Å². The third-order valence-electron chi connectivity index (χ3n) is 3.94. The third kappa shape index (κ3) is 4.62. The maximum Gasteiger partial charge on any atom is 0.131 e. The van der Waals surface area contributed by atoms with E-state index in [-0.39, 0.29) is 0 Å². The smallest absolute Gasteiger partial charge is 0.131 e. The van der Waals surface area contributed by atoms with Gasteiger partial charge < -0.3 is 19.9 Å². The minimum atomic E-state index is 0.655. The Morgan fingerprint density at radius 3 is 1.43 bits per heavy atom. The topological polar surface area (TPSA) is 53.7 Å². The van der Waals surface area contributed by atoms with Crippen molar-refractivity contribution in [3.8, 4) is 34.5 Å². The summed E-state index contributed by atoms with van der Waals surface area (Å²) in [6, 6.07) is 31.9. The van der Waals surface area contributed by atoms with E-state index >= 15 is 0 Å². The Balaban J connectivity index is 1.42. The molecule has 0 aliphatic rings. The second kappa shape index (κ2) is 8.18. The molecule has 0 atom stereocenters. The third-order valence-corrected chi connectivity index (χ3v) is 3.94. The van der Waals surface area contributed by atoms with Crippen LogP contribution in [0.25, 0.3) is 0 Å². The SMILES string of the molecule is Nc1cccc(Oc2cccc(Oc3ccc(Oc4ccccc4)cc3)c2)c1. The summed E-state index contributed by atoms with van der Waals surface area (Å²) < 4.78 is 17.6. The quantitative estimate of drug-likeness (QED) is 0.387. The molecule has 4 aromatic carbocycles. The van der Waals surface area contributed by atoms with E-state index in [2.05, 4.69) is 0 Å². The molecule has 0 amide bonds. The first kappa shape index (κ1) is 17.5. The zero-order valence-electron chi connectivity index (χ0n) is 15.1. The van der Waals surface area contributed by atoms with Crippen LogP contribution in [0.3, 0.4) is 0 Å². The van der Waals surface area contributed by atoms with Crippen molar-refractivity contribution >= 4 is 5.69 Å². The highest BCUT2D eigenvalue weighted by molar-refractivity contribution is 5.46. The molecule has 0 saturated carbocycles. The molecule has 0 saturated heterocycles. The summed E-state index contributed by atoms with van der Waals surface area (Å²) in [7, 11) is 0. The summed E-state index contributed by atoms with van der Waals surface area (Å²) in [4.78, 5) is 0. The van der Waals surface area contributed by atoms with Gasteiger partial charge >= 0.3 is 0 Å². The number of benzene rings is 4. The lowest BCUT2D eigenvalue weighted by Gasteiger charge is -2.10. The molecule has 2 N–H and O–H groups in total. The molecule has 0 aromatic heterocycles. The van der Waals surface area contributed by atoms with Gasteiger partial charge in [0.25, 0.3) is 0 Å². The predicted octanol–water partition coefficient (Wildman–Crippen LogP) is 6.65. The van der Waals surface area contributed by atoms with Crippen molar-refractivity contribution < 1.29 is 14.2 Å². The van der Waals surface area contributed by atoms with Crippen LogP contribution >= 0.6 is 0 Å². The molecule has 0 aliphatic heterocycles. The second-order valence-corrected chi connectivity index (χ2v) is 6.14. The van der Waals surface area contributed by atoms with Crippen molar-refractivity contribution in [3.63, 3.8) is 0 Å².